The number of aromatic nitrogens is 3. The molecule has 0 aliphatic carbocycles. The fourth-order valence-corrected chi connectivity index (χ4v) is 3.01. The summed E-state index contributed by atoms with van der Waals surface area (Å²) in [6.07, 6.45) is 3.53. The van der Waals surface area contributed by atoms with E-state index in [1.807, 2.05) is 48.5 Å². The van der Waals surface area contributed by atoms with Gasteiger partial charge in [-0.3, -0.25) is 4.79 Å². The van der Waals surface area contributed by atoms with Crippen LogP contribution >= 0.6 is 11.6 Å². The Balaban J connectivity index is 1.72. The monoisotopic (exact) mass is 365 g/mol. The van der Waals surface area contributed by atoms with Crippen molar-refractivity contribution < 1.29 is 4.74 Å². The molecule has 26 heavy (non-hydrogen) atoms. The van der Waals surface area contributed by atoms with Gasteiger partial charge in [0.25, 0.3) is 5.56 Å². The summed E-state index contributed by atoms with van der Waals surface area (Å²) < 4.78 is 8.51. The van der Waals surface area contributed by atoms with Crippen molar-refractivity contribution in [2.75, 3.05) is 7.11 Å². The molecule has 6 heteroatoms. The lowest BCUT2D eigenvalue weighted by Crippen LogP contribution is -2.21. The lowest BCUT2D eigenvalue weighted by molar-refractivity contribution is 0.414. The third-order valence-electron chi connectivity index (χ3n) is 4.23. The second-order valence-electron chi connectivity index (χ2n) is 5.95. The van der Waals surface area contributed by atoms with Gasteiger partial charge in [0, 0.05) is 23.0 Å². The summed E-state index contributed by atoms with van der Waals surface area (Å²) in [5.74, 6) is 0.769. The Morgan fingerprint density at radius 1 is 1.08 bits per heavy atom. The van der Waals surface area contributed by atoms with Gasteiger partial charge in [-0.05, 0) is 35.9 Å². The van der Waals surface area contributed by atoms with E-state index in [1.54, 1.807) is 34.7 Å². The average molecular weight is 366 g/mol. The lowest BCUT2D eigenvalue weighted by atomic mass is 10.1. The van der Waals surface area contributed by atoms with E-state index in [9.17, 15) is 4.79 Å². The predicted octanol–water partition coefficient (Wildman–Crippen LogP) is 3.87. The van der Waals surface area contributed by atoms with Crippen molar-refractivity contribution in [1.29, 1.82) is 0 Å². The van der Waals surface area contributed by atoms with Gasteiger partial charge in [0.2, 0.25) is 0 Å². The lowest BCUT2D eigenvalue weighted by Gasteiger charge is -2.07. The summed E-state index contributed by atoms with van der Waals surface area (Å²) >= 11 is 5.93. The first kappa shape index (κ1) is 16.4. The molecule has 0 aliphatic rings. The number of hydrogen-bond donors (Lipinski definition) is 0. The van der Waals surface area contributed by atoms with Crippen LogP contribution in [0, 0.1) is 0 Å². The smallest absolute Gasteiger partial charge is 0.276 e. The highest BCUT2D eigenvalue weighted by Gasteiger charge is 2.10. The van der Waals surface area contributed by atoms with Crippen LogP contribution in [0.2, 0.25) is 5.02 Å². The molecule has 4 rings (SSSR count). The van der Waals surface area contributed by atoms with Crippen LogP contribution in [-0.4, -0.2) is 21.3 Å². The topological polar surface area (TPSA) is 48.5 Å². The van der Waals surface area contributed by atoms with Crippen LogP contribution in [0.25, 0.3) is 16.8 Å². The molecule has 0 atom stereocenters. The molecule has 2 heterocycles. The molecule has 2 aromatic carbocycles. The highest BCUT2D eigenvalue weighted by molar-refractivity contribution is 6.30. The minimum atomic E-state index is -0.0944. The molecule has 0 saturated carbocycles. The third-order valence-corrected chi connectivity index (χ3v) is 4.48. The third kappa shape index (κ3) is 3.09. The molecule has 0 saturated heterocycles. The fourth-order valence-electron chi connectivity index (χ4n) is 2.88. The Morgan fingerprint density at radius 3 is 2.65 bits per heavy atom. The van der Waals surface area contributed by atoms with E-state index in [0.29, 0.717) is 17.1 Å². The number of hydrogen-bond acceptors (Lipinski definition) is 3. The quantitative estimate of drug-likeness (QED) is 0.551. The zero-order valence-corrected chi connectivity index (χ0v) is 14.8. The van der Waals surface area contributed by atoms with Crippen molar-refractivity contribution in [3.8, 4) is 17.0 Å². The van der Waals surface area contributed by atoms with Gasteiger partial charge in [-0.1, -0.05) is 35.9 Å². The predicted molar refractivity (Wildman–Crippen MR) is 102 cm³/mol. The SMILES string of the molecule is COc1cccc(Cn2ccn3nc(-c4ccc(Cl)cc4)cc3c2=O)c1. The van der Waals surface area contributed by atoms with Crippen molar-refractivity contribution >= 4 is 17.1 Å². The summed E-state index contributed by atoms with van der Waals surface area (Å²) in [7, 11) is 1.63. The summed E-state index contributed by atoms with van der Waals surface area (Å²) in [5.41, 5.74) is 3.08. The highest BCUT2D eigenvalue weighted by atomic mass is 35.5. The van der Waals surface area contributed by atoms with Gasteiger partial charge >= 0.3 is 0 Å². The second-order valence-corrected chi connectivity index (χ2v) is 6.39. The molecule has 0 amide bonds. The molecule has 0 unspecified atom stereocenters. The molecule has 4 aromatic rings. The molecule has 0 spiro atoms. The molecule has 0 radical (unpaired) electrons. The zero-order valence-electron chi connectivity index (χ0n) is 14.1. The largest absolute Gasteiger partial charge is 0.497 e. The number of halogens is 1. The summed E-state index contributed by atoms with van der Waals surface area (Å²) in [4.78, 5) is 12.8. The number of ether oxygens (including phenoxy) is 1. The first-order chi connectivity index (χ1) is 12.6. The molecule has 0 aliphatic heterocycles. The van der Waals surface area contributed by atoms with Gasteiger partial charge in [-0.2, -0.15) is 5.10 Å². The Morgan fingerprint density at radius 2 is 1.88 bits per heavy atom. The first-order valence-electron chi connectivity index (χ1n) is 8.12. The average Bonchev–Trinajstić information content (AvgIpc) is 3.10. The van der Waals surface area contributed by atoms with E-state index >= 15 is 0 Å². The van der Waals surface area contributed by atoms with E-state index in [1.165, 1.54) is 0 Å². The van der Waals surface area contributed by atoms with Crippen LogP contribution in [-0.2, 0) is 6.54 Å². The Hall–Kier alpha value is -3.05. The van der Waals surface area contributed by atoms with E-state index in [-0.39, 0.29) is 5.56 Å². The van der Waals surface area contributed by atoms with E-state index in [0.717, 1.165) is 22.6 Å². The molecule has 0 fully saturated rings. The number of fused-ring (bicyclic) bond motifs is 1. The van der Waals surface area contributed by atoms with Gasteiger partial charge in [0.05, 0.1) is 19.3 Å². The van der Waals surface area contributed by atoms with Gasteiger partial charge < -0.3 is 9.30 Å². The number of nitrogens with zero attached hydrogens (tertiary/aromatic N) is 3. The van der Waals surface area contributed by atoms with Crippen molar-refractivity contribution in [2.45, 2.75) is 6.54 Å². The van der Waals surface area contributed by atoms with E-state index in [4.69, 9.17) is 16.3 Å². The van der Waals surface area contributed by atoms with E-state index in [2.05, 4.69) is 5.10 Å². The van der Waals surface area contributed by atoms with Gasteiger partial charge in [-0.15, -0.1) is 0 Å². The van der Waals surface area contributed by atoms with Crippen LogP contribution in [0.1, 0.15) is 5.56 Å². The maximum absolute atomic E-state index is 12.8. The summed E-state index contributed by atoms with van der Waals surface area (Å²) in [5, 5.41) is 5.15. The van der Waals surface area contributed by atoms with Gasteiger partial charge in [-0.25, -0.2) is 4.52 Å². The Bertz CT molecular complexity index is 1130. The Labute approximate surface area is 155 Å². The zero-order chi connectivity index (χ0) is 18.1. The van der Waals surface area contributed by atoms with Crippen molar-refractivity contribution in [3.63, 3.8) is 0 Å². The molecular formula is C20H16ClN3O2. The van der Waals surface area contributed by atoms with Crippen LogP contribution in [0.5, 0.6) is 5.75 Å². The van der Waals surface area contributed by atoms with Crippen LogP contribution < -0.4 is 10.3 Å². The minimum absolute atomic E-state index is 0.0944. The summed E-state index contributed by atoms with van der Waals surface area (Å²) in [6.45, 7) is 0.466. The maximum atomic E-state index is 12.8. The summed E-state index contributed by atoms with van der Waals surface area (Å²) in [6, 6.07) is 16.9. The molecular weight excluding hydrogens is 350 g/mol. The molecule has 0 bridgehead atoms. The molecule has 5 nitrogen and oxygen atoms in total. The Kier molecular flexibility index (Phi) is 4.22. The van der Waals surface area contributed by atoms with Crippen LogP contribution in [0.15, 0.2) is 71.8 Å². The molecule has 130 valence electrons. The number of benzene rings is 2. The van der Waals surface area contributed by atoms with Crippen LogP contribution in [0.4, 0.5) is 0 Å². The first-order valence-corrected chi connectivity index (χ1v) is 8.49. The van der Waals surface area contributed by atoms with E-state index < -0.39 is 0 Å². The number of methoxy groups -OCH3 is 1. The molecule has 0 N–H and O–H groups in total. The van der Waals surface area contributed by atoms with Gasteiger partial charge in [0.15, 0.2) is 0 Å². The van der Waals surface area contributed by atoms with Gasteiger partial charge in [0.1, 0.15) is 11.3 Å². The maximum Gasteiger partial charge on any atom is 0.276 e. The van der Waals surface area contributed by atoms with Crippen molar-refractivity contribution in [3.05, 3.63) is 87.9 Å². The van der Waals surface area contributed by atoms with Crippen molar-refractivity contribution in [2.24, 2.45) is 0 Å². The second kappa shape index (κ2) is 6.69. The fraction of sp³-hybridized carbons (Fsp3) is 0.100. The number of rotatable bonds is 4. The molecule has 2 aromatic heterocycles. The standard InChI is InChI=1S/C20H16ClN3O2/c1-26-17-4-2-3-14(11-17)13-23-9-10-24-19(20(23)25)12-18(22-24)15-5-7-16(21)8-6-15/h2-12H,13H2,1H3. The van der Waals surface area contributed by atoms with Crippen molar-refractivity contribution in [1.82, 2.24) is 14.2 Å². The normalized spacial score (nSPS) is 11.0. The highest BCUT2D eigenvalue weighted by Crippen LogP contribution is 2.21. The van der Waals surface area contributed by atoms with Crippen LogP contribution in [0.3, 0.4) is 0 Å². The minimum Gasteiger partial charge on any atom is -0.497 e.